The number of hydrogen-bond acceptors (Lipinski definition) is 8. The number of hydrogen-bond donors (Lipinski definition) is 1. The Kier molecular flexibility index (Phi) is 5.55. The van der Waals surface area contributed by atoms with E-state index in [9.17, 15) is 18.0 Å². The first-order valence-electron chi connectivity index (χ1n) is 10.1. The van der Waals surface area contributed by atoms with Gasteiger partial charge in [0, 0.05) is 32.7 Å². The van der Waals surface area contributed by atoms with E-state index in [1.54, 1.807) is 21.9 Å². The van der Waals surface area contributed by atoms with Gasteiger partial charge in [-0.25, -0.2) is 14.3 Å². The van der Waals surface area contributed by atoms with Crippen LogP contribution in [0.4, 0.5) is 15.3 Å². The third kappa shape index (κ3) is 4.81. The molecule has 3 aliphatic heterocycles. The highest BCUT2D eigenvalue weighted by Gasteiger charge is 2.43. The number of carbonyl (C=O) groups is 2. The lowest BCUT2D eigenvalue weighted by molar-refractivity contribution is -0.0183. The second-order valence-corrected chi connectivity index (χ2v) is 9.82. The van der Waals surface area contributed by atoms with Crippen molar-refractivity contribution in [2.45, 2.75) is 32.4 Å². The molecule has 32 heavy (non-hydrogen) atoms. The quantitative estimate of drug-likeness (QED) is 0.628. The molecule has 3 amide bonds. The Morgan fingerprint density at radius 3 is 2.50 bits per heavy atom. The van der Waals surface area contributed by atoms with Crippen LogP contribution >= 0.6 is 0 Å². The molecule has 14 heteroatoms. The lowest BCUT2D eigenvalue weighted by Crippen LogP contribution is -2.50. The maximum absolute atomic E-state index is 12.3. The molecular formula is C18H26N6O7S. The maximum Gasteiger partial charge on any atom is 0.418 e. The Bertz CT molecular complexity index is 1040. The first-order valence-corrected chi connectivity index (χ1v) is 11.5. The summed E-state index contributed by atoms with van der Waals surface area (Å²) in [5.41, 5.74) is 0.997. The summed E-state index contributed by atoms with van der Waals surface area (Å²) in [6.45, 7) is 8.25. The molecule has 176 valence electrons. The number of piperazine rings is 1. The number of ether oxygens (including phenoxy) is 1. The number of rotatable bonds is 4. The van der Waals surface area contributed by atoms with E-state index in [1.165, 1.54) is 4.90 Å². The lowest BCUT2D eigenvalue weighted by atomic mass is 10.2. The SMILES string of the molecule is CC(C)(C)OC(=O)N1CCN(c2cnn(C3=CC4CN(C3)C(=O)N4OS(=O)(=O)O)c2)CC1. The summed E-state index contributed by atoms with van der Waals surface area (Å²) < 4.78 is 42.4. The zero-order chi connectivity index (χ0) is 23.3. The zero-order valence-electron chi connectivity index (χ0n) is 18.0. The fraction of sp³-hybridized carbons (Fsp3) is 0.611. The Balaban J connectivity index is 1.40. The van der Waals surface area contributed by atoms with E-state index in [1.807, 2.05) is 27.0 Å². The van der Waals surface area contributed by atoms with Crippen molar-refractivity contribution in [3.05, 3.63) is 18.5 Å². The molecule has 4 heterocycles. The molecule has 1 atom stereocenters. The van der Waals surface area contributed by atoms with E-state index in [0.717, 1.165) is 5.69 Å². The van der Waals surface area contributed by atoms with Gasteiger partial charge < -0.3 is 19.4 Å². The molecule has 4 rings (SSSR count). The summed E-state index contributed by atoms with van der Waals surface area (Å²) in [6, 6.07) is -1.32. The summed E-state index contributed by atoms with van der Waals surface area (Å²) in [7, 11) is -4.81. The van der Waals surface area contributed by atoms with Crippen molar-refractivity contribution in [1.29, 1.82) is 0 Å². The topological polar surface area (TPSA) is 138 Å². The number of amides is 3. The van der Waals surface area contributed by atoms with Gasteiger partial charge in [0.15, 0.2) is 0 Å². The number of nitrogens with zero attached hydrogens (tertiary/aromatic N) is 6. The average Bonchev–Trinajstić information content (AvgIpc) is 3.26. The summed E-state index contributed by atoms with van der Waals surface area (Å²) in [4.78, 5) is 29.7. The predicted octanol–water partition coefficient (Wildman–Crippen LogP) is 0.635. The largest absolute Gasteiger partial charge is 0.444 e. The van der Waals surface area contributed by atoms with Gasteiger partial charge in [0.2, 0.25) is 0 Å². The molecule has 2 saturated heterocycles. The van der Waals surface area contributed by atoms with Gasteiger partial charge in [0.25, 0.3) is 0 Å². The van der Waals surface area contributed by atoms with E-state index in [-0.39, 0.29) is 19.2 Å². The minimum absolute atomic E-state index is 0.216. The van der Waals surface area contributed by atoms with Crippen LogP contribution in [0.25, 0.3) is 5.70 Å². The number of fused-ring (bicyclic) bond motifs is 2. The van der Waals surface area contributed by atoms with Gasteiger partial charge in [-0.15, -0.1) is 4.28 Å². The molecule has 2 fully saturated rings. The van der Waals surface area contributed by atoms with Crippen LogP contribution < -0.4 is 4.90 Å². The van der Waals surface area contributed by atoms with Crippen molar-refractivity contribution in [1.82, 2.24) is 24.6 Å². The molecule has 0 aromatic carbocycles. The smallest absolute Gasteiger partial charge is 0.418 e. The van der Waals surface area contributed by atoms with E-state index in [4.69, 9.17) is 9.29 Å². The van der Waals surface area contributed by atoms with Gasteiger partial charge in [0.05, 0.1) is 30.3 Å². The van der Waals surface area contributed by atoms with E-state index >= 15 is 0 Å². The molecule has 1 aromatic rings. The number of aromatic nitrogens is 2. The van der Waals surface area contributed by atoms with Crippen molar-refractivity contribution < 1.29 is 31.6 Å². The van der Waals surface area contributed by atoms with E-state index in [0.29, 0.717) is 36.9 Å². The van der Waals surface area contributed by atoms with Crippen molar-refractivity contribution in [3.63, 3.8) is 0 Å². The molecule has 0 radical (unpaired) electrons. The van der Waals surface area contributed by atoms with E-state index < -0.39 is 28.1 Å². The number of urea groups is 1. The minimum atomic E-state index is -4.81. The van der Waals surface area contributed by atoms with Gasteiger partial charge in [0.1, 0.15) is 11.6 Å². The van der Waals surface area contributed by atoms with Crippen LogP contribution in [0.15, 0.2) is 18.5 Å². The van der Waals surface area contributed by atoms with Crippen LogP contribution in [0.5, 0.6) is 0 Å². The number of carbonyl (C=O) groups excluding carboxylic acids is 2. The van der Waals surface area contributed by atoms with Crippen LogP contribution in [-0.2, 0) is 19.4 Å². The molecule has 0 saturated carbocycles. The Morgan fingerprint density at radius 1 is 1.19 bits per heavy atom. The highest BCUT2D eigenvalue weighted by Crippen LogP contribution is 2.28. The Hall–Kier alpha value is -2.84. The molecule has 0 spiro atoms. The molecule has 3 aliphatic rings. The van der Waals surface area contributed by atoms with Crippen molar-refractivity contribution in [3.8, 4) is 0 Å². The summed E-state index contributed by atoms with van der Waals surface area (Å²) >= 11 is 0. The number of anilines is 1. The fourth-order valence-electron chi connectivity index (χ4n) is 3.83. The van der Waals surface area contributed by atoms with Crippen molar-refractivity contribution in [2.75, 3.05) is 44.2 Å². The predicted molar refractivity (Wildman–Crippen MR) is 112 cm³/mol. The Labute approximate surface area is 185 Å². The summed E-state index contributed by atoms with van der Waals surface area (Å²) in [6.07, 6.45) is 4.87. The molecule has 1 N–H and O–H groups in total. The molecule has 2 bridgehead atoms. The van der Waals surface area contributed by atoms with Crippen LogP contribution in [0.2, 0.25) is 0 Å². The van der Waals surface area contributed by atoms with Crippen LogP contribution in [0, 0.1) is 0 Å². The fourth-order valence-corrected chi connectivity index (χ4v) is 4.20. The lowest BCUT2D eigenvalue weighted by Gasteiger charge is -2.36. The summed E-state index contributed by atoms with van der Waals surface area (Å²) in [5.74, 6) is 0. The highest BCUT2D eigenvalue weighted by atomic mass is 32.3. The summed E-state index contributed by atoms with van der Waals surface area (Å²) in [5, 5.41) is 5.02. The van der Waals surface area contributed by atoms with Gasteiger partial charge in [-0.1, -0.05) is 0 Å². The third-order valence-corrected chi connectivity index (χ3v) is 5.59. The van der Waals surface area contributed by atoms with Crippen LogP contribution in [-0.4, -0.2) is 101 Å². The van der Waals surface area contributed by atoms with Crippen LogP contribution in [0.3, 0.4) is 0 Å². The standard InChI is InChI=1S/C18H26N6O7S/c1-18(2,3)30-17(26)21-6-4-20(5-7-21)15-9-19-23(12-15)13-8-14-11-22(10-13)16(25)24(14)31-32(27,28)29/h8-9,12,14H,4-7,10-11H2,1-3H3,(H,27,28,29). The molecule has 0 aliphatic carbocycles. The van der Waals surface area contributed by atoms with Gasteiger partial charge in [-0.3, -0.25) is 4.55 Å². The normalized spacial score (nSPS) is 21.8. The van der Waals surface area contributed by atoms with E-state index in [2.05, 4.69) is 14.3 Å². The third-order valence-electron chi connectivity index (χ3n) is 5.24. The molecule has 1 unspecified atom stereocenters. The first-order chi connectivity index (χ1) is 14.9. The average molecular weight is 471 g/mol. The first kappa shape index (κ1) is 22.4. The monoisotopic (exact) mass is 470 g/mol. The highest BCUT2D eigenvalue weighted by molar-refractivity contribution is 7.80. The van der Waals surface area contributed by atoms with Gasteiger partial charge in [-0.05, 0) is 26.8 Å². The molecular weight excluding hydrogens is 444 g/mol. The second-order valence-electron chi connectivity index (χ2n) is 8.81. The van der Waals surface area contributed by atoms with Crippen molar-refractivity contribution in [2.24, 2.45) is 0 Å². The van der Waals surface area contributed by atoms with Gasteiger partial charge in [-0.2, -0.15) is 18.6 Å². The zero-order valence-corrected chi connectivity index (χ0v) is 18.9. The minimum Gasteiger partial charge on any atom is -0.444 e. The van der Waals surface area contributed by atoms with Crippen molar-refractivity contribution >= 4 is 33.9 Å². The molecule has 13 nitrogen and oxygen atoms in total. The van der Waals surface area contributed by atoms with Gasteiger partial charge >= 0.3 is 22.5 Å². The maximum atomic E-state index is 12.3. The van der Waals surface area contributed by atoms with Crippen LogP contribution in [0.1, 0.15) is 20.8 Å². The second kappa shape index (κ2) is 7.94. The Morgan fingerprint density at radius 2 is 1.88 bits per heavy atom. The molecule has 1 aromatic heterocycles. The number of hydroxylamine groups is 2.